The topological polar surface area (TPSA) is 42.1 Å². The fourth-order valence-electron chi connectivity index (χ4n) is 1.30. The van der Waals surface area contributed by atoms with Crippen LogP contribution in [0.15, 0.2) is 16.9 Å². The Balaban J connectivity index is 2.80. The molecule has 0 aliphatic heterocycles. The third-order valence-electron chi connectivity index (χ3n) is 1.94. The lowest BCUT2D eigenvalue weighted by atomic mass is 10.2. The zero-order valence-electron chi connectivity index (χ0n) is 7.38. The molecular weight excluding hydrogens is 186 g/mol. The van der Waals surface area contributed by atoms with Crippen molar-refractivity contribution in [2.24, 2.45) is 0 Å². The quantitative estimate of drug-likeness (QED) is 0.755. The smallest absolute Gasteiger partial charge is 0.305 e. The third-order valence-corrected chi connectivity index (χ3v) is 2.78. The Hall–Kier alpha value is -1.29. The van der Waals surface area contributed by atoms with Gasteiger partial charge in [0.25, 0.3) is 0 Å². The van der Waals surface area contributed by atoms with Crippen LogP contribution in [0.25, 0.3) is 10.2 Å². The van der Waals surface area contributed by atoms with Crippen LogP contribution in [0.2, 0.25) is 0 Å². The Labute approximate surface area is 79.0 Å². The van der Waals surface area contributed by atoms with Crippen molar-refractivity contribution >= 4 is 21.6 Å². The van der Waals surface area contributed by atoms with Crippen LogP contribution in [0.1, 0.15) is 5.56 Å². The maximum atomic E-state index is 11.0. The van der Waals surface area contributed by atoms with Gasteiger partial charge in [0.05, 0.1) is 17.3 Å². The molecule has 0 aliphatic rings. The van der Waals surface area contributed by atoms with Crippen molar-refractivity contribution in [2.45, 2.75) is 6.92 Å². The molecule has 3 nitrogen and oxygen atoms in total. The van der Waals surface area contributed by atoms with Crippen molar-refractivity contribution in [3.05, 3.63) is 27.4 Å². The van der Waals surface area contributed by atoms with E-state index in [1.54, 1.807) is 7.11 Å². The van der Waals surface area contributed by atoms with E-state index < -0.39 is 0 Å². The molecule has 0 saturated carbocycles. The molecule has 0 aliphatic carbocycles. The van der Waals surface area contributed by atoms with Crippen LogP contribution in [0.5, 0.6) is 5.75 Å². The van der Waals surface area contributed by atoms with Crippen molar-refractivity contribution in [1.29, 1.82) is 0 Å². The summed E-state index contributed by atoms with van der Waals surface area (Å²) in [4.78, 5) is 13.7. The molecule has 4 heteroatoms. The lowest BCUT2D eigenvalue weighted by molar-refractivity contribution is 0.412. The van der Waals surface area contributed by atoms with E-state index in [9.17, 15) is 4.79 Å². The second-order valence-electron chi connectivity index (χ2n) is 2.83. The first-order chi connectivity index (χ1) is 6.20. The highest BCUT2D eigenvalue weighted by atomic mass is 32.1. The van der Waals surface area contributed by atoms with E-state index >= 15 is 0 Å². The first kappa shape index (κ1) is 8.31. The fourth-order valence-corrected chi connectivity index (χ4v) is 2.12. The van der Waals surface area contributed by atoms with Gasteiger partial charge in [-0.15, -0.1) is 0 Å². The average molecular weight is 195 g/mol. The SMILES string of the molecule is COc1cc2[nH]c(=O)sc2cc1C. The average Bonchev–Trinajstić information content (AvgIpc) is 2.42. The molecule has 1 heterocycles. The lowest BCUT2D eigenvalue weighted by Gasteiger charge is -2.02. The van der Waals surface area contributed by atoms with Gasteiger partial charge >= 0.3 is 4.87 Å². The molecule has 1 aromatic heterocycles. The van der Waals surface area contributed by atoms with Crippen molar-refractivity contribution in [3.63, 3.8) is 0 Å². The molecular formula is C9H9NO2S. The number of rotatable bonds is 1. The third kappa shape index (κ3) is 1.33. The minimum absolute atomic E-state index is 0.0253. The summed E-state index contributed by atoms with van der Waals surface area (Å²) in [5.74, 6) is 0.807. The van der Waals surface area contributed by atoms with Gasteiger partial charge in [0.15, 0.2) is 0 Å². The van der Waals surface area contributed by atoms with Gasteiger partial charge in [0.1, 0.15) is 5.75 Å². The van der Waals surface area contributed by atoms with Gasteiger partial charge in [-0.1, -0.05) is 11.3 Å². The van der Waals surface area contributed by atoms with Gasteiger partial charge in [0, 0.05) is 6.07 Å². The molecule has 0 amide bonds. The fraction of sp³-hybridized carbons (Fsp3) is 0.222. The molecule has 2 rings (SSSR count). The van der Waals surface area contributed by atoms with Gasteiger partial charge in [-0.3, -0.25) is 4.79 Å². The molecule has 1 aromatic carbocycles. The Kier molecular flexibility index (Phi) is 1.84. The minimum Gasteiger partial charge on any atom is -0.496 e. The van der Waals surface area contributed by atoms with Gasteiger partial charge < -0.3 is 9.72 Å². The minimum atomic E-state index is -0.0253. The van der Waals surface area contributed by atoms with Crippen molar-refractivity contribution < 1.29 is 4.74 Å². The largest absolute Gasteiger partial charge is 0.496 e. The summed E-state index contributed by atoms with van der Waals surface area (Å²) < 4.78 is 6.12. The van der Waals surface area contributed by atoms with E-state index in [1.165, 1.54) is 11.3 Å². The van der Waals surface area contributed by atoms with Crippen LogP contribution in [0, 0.1) is 6.92 Å². The number of methoxy groups -OCH3 is 1. The number of H-pyrrole nitrogens is 1. The van der Waals surface area contributed by atoms with Crippen molar-refractivity contribution in [1.82, 2.24) is 4.98 Å². The number of aryl methyl sites for hydroxylation is 1. The molecule has 0 bridgehead atoms. The van der Waals surface area contributed by atoms with Crippen molar-refractivity contribution in [2.75, 3.05) is 7.11 Å². The van der Waals surface area contributed by atoms with Gasteiger partial charge in [-0.05, 0) is 18.6 Å². The number of benzene rings is 1. The molecule has 0 spiro atoms. The van der Waals surface area contributed by atoms with Crippen LogP contribution in [0.3, 0.4) is 0 Å². The summed E-state index contributed by atoms with van der Waals surface area (Å²) >= 11 is 1.22. The Morgan fingerprint density at radius 1 is 1.46 bits per heavy atom. The maximum absolute atomic E-state index is 11.0. The second kappa shape index (κ2) is 2.88. The molecule has 0 unspecified atom stereocenters. The Bertz CT molecular complexity index is 498. The zero-order chi connectivity index (χ0) is 9.42. The van der Waals surface area contributed by atoms with E-state index in [2.05, 4.69) is 4.98 Å². The van der Waals surface area contributed by atoms with E-state index in [-0.39, 0.29) is 4.87 Å². The first-order valence-corrected chi connectivity index (χ1v) is 4.70. The number of ether oxygens (including phenoxy) is 1. The van der Waals surface area contributed by atoms with Crippen molar-refractivity contribution in [3.8, 4) is 5.75 Å². The van der Waals surface area contributed by atoms with E-state index in [0.717, 1.165) is 21.5 Å². The number of fused-ring (bicyclic) bond motifs is 1. The maximum Gasteiger partial charge on any atom is 0.305 e. The molecule has 0 fully saturated rings. The van der Waals surface area contributed by atoms with E-state index in [1.807, 2.05) is 19.1 Å². The van der Waals surface area contributed by atoms with Gasteiger partial charge in [-0.25, -0.2) is 0 Å². The summed E-state index contributed by atoms with van der Waals surface area (Å²) in [5.41, 5.74) is 1.89. The molecule has 68 valence electrons. The summed E-state index contributed by atoms with van der Waals surface area (Å²) in [6.07, 6.45) is 0. The normalized spacial score (nSPS) is 10.6. The highest BCUT2D eigenvalue weighted by molar-refractivity contribution is 7.16. The van der Waals surface area contributed by atoms with Crippen LogP contribution >= 0.6 is 11.3 Å². The zero-order valence-corrected chi connectivity index (χ0v) is 8.20. The number of thiazole rings is 1. The van der Waals surface area contributed by atoms with E-state index in [4.69, 9.17) is 4.74 Å². The molecule has 13 heavy (non-hydrogen) atoms. The monoisotopic (exact) mass is 195 g/mol. The summed E-state index contributed by atoms with van der Waals surface area (Å²) in [7, 11) is 1.62. The summed E-state index contributed by atoms with van der Waals surface area (Å²) in [6.45, 7) is 1.96. The predicted octanol–water partition coefficient (Wildman–Crippen LogP) is 1.91. The van der Waals surface area contributed by atoms with Crippen LogP contribution < -0.4 is 9.61 Å². The van der Waals surface area contributed by atoms with Crippen LogP contribution in [0.4, 0.5) is 0 Å². The Morgan fingerprint density at radius 3 is 2.92 bits per heavy atom. The van der Waals surface area contributed by atoms with Gasteiger partial charge in [0.2, 0.25) is 0 Å². The number of aromatic nitrogens is 1. The Morgan fingerprint density at radius 2 is 2.23 bits per heavy atom. The number of hydrogen-bond acceptors (Lipinski definition) is 3. The standard InChI is InChI=1S/C9H9NO2S/c1-5-3-8-6(4-7(5)12-2)10-9(11)13-8/h3-4H,1-2H3,(H,10,11). The van der Waals surface area contributed by atoms with E-state index in [0.29, 0.717) is 0 Å². The van der Waals surface area contributed by atoms with Crippen LogP contribution in [-0.2, 0) is 0 Å². The molecule has 0 atom stereocenters. The van der Waals surface area contributed by atoms with Crippen LogP contribution in [-0.4, -0.2) is 12.1 Å². The number of aromatic amines is 1. The summed E-state index contributed by atoms with van der Waals surface area (Å²) in [6, 6.07) is 3.80. The summed E-state index contributed by atoms with van der Waals surface area (Å²) in [5, 5.41) is 0. The lowest BCUT2D eigenvalue weighted by Crippen LogP contribution is -1.90. The number of nitrogens with one attached hydrogen (secondary N) is 1. The molecule has 2 aromatic rings. The molecule has 0 saturated heterocycles. The molecule has 1 N–H and O–H groups in total. The highest BCUT2D eigenvalue weighted by Gasteiger charge is 2.03. The molecule has 0 radical (unpaired) electrons. The highest BCUT2D eigenvalue weighted by Crippen LogP contribution is 2.24. The number of hydrogen-bond donors (Lipinski definition) is 1. The predicted molar refractivity (Wildman–Crippen MR) is 53.7 cm³/mol. The second-order valence-corrected chi connectivity index (χ2v) is 3.85. The van der Waals surface area contributed by atoms with Gasteiger partial charge in [-0.2, -0.15) is 0 Å². The first-order valence-electron chi connectivity index (χ1n) is 3.88.